The first-order valence-corrected chi connectivity index (χ1v) is 5.27. The van der Waals surface area contributed by atoms with Crippen LogP contribution in [0.1, 0.15) is 33.6 Å². The molecule has 1 aliphatic rings. The van der Waals surface area contributed by atoms with E-state index < -0.39 is 12.1 Å². The summed E-state index contributed by atoms with van der Waals surface area (Å²) in [7, 11) is 0. The van der Waals surface area contributed by atoms with Gasteiger partial charge in [-0.05, 0) is 20.3 Å². The van der Waals surface area contributed by atoms with Crippen LogP contribution in [0.15, 0.2) is 16.3 Å². The number of aliphatic hydroxyl groups excluding tert-OH is 1. The van der Waals surface area contributed by atoms with Crippen molar-refractivity contribution < 1.29 is 14.6 Å². The van der Waals surface area contributed by atoms with Crippen molar-refractivity contribution in [2.24, 2.45) is 4.99 Å². The predicted octanol–water partition coefficient (Wildman–Crippen LogP) is 2.00. The van der Waals surface area contributed by atoms with Gasteiger partial charge >= 0.3 is 5.97 Å². The van der Waals surface area contributed by atoms with E-state index in [0.717, 1.165) is 6.42 Å². The average molecular weight is 211 g/mol. The fraction of sp³-hybridized carbons (Fsp3) is 0.636. The van der Waals surface area contributed by atoms with Crippen LogP contribution in [0.5, 0.6) is 0 Å². The molecule has 0 saturated carbocycles. The standard InChI is InChI=1S/C11H17NO3/c1-4-6-8-10(13)9(11(14)15-8)7(3)12-5-2/h8,13H,4-6H2,1-3H3. The molecule has 1 atom stereocenters. The number of hydrogen-bond acceptors (Lipinski definition) is 4. The molecule has 0 saturated heterocycles. The Kier molecular flexibility index (Phi) is 3.88. The smallest absolute Gasteiger partial charge is 0.344 e. The minimum Gasteiger partial charge on any atom is -0.507 e. The summed E-state index contributed by atoms with van der Waals surface area (Å²) in [4.78, 5) is 15.6. The number of hydrogen-bond donors (Lipinski definition) is 1. The number of aliphatic hydroxyl groups is 1. The molecule has 4 heteroatoms. The third-order valence-electron chi connectivity index (χ3n) is 2.32. The van der Waals surface area contributed by atoms with Crippen molar-refractivity contribution in [3.8, 4) is 0 Å². The van der Waals surface area contributed by atoms with Gasteiger partial charge in [-0.15, -0.1) is 0 Å². The summed E-state index contributed by atoms with van der Waals surface area (Å²) >= 11 is 0. The second kappa shape index (κ2) is 4.96. The number of carbonyl (C=O) groups excluding carboxylic acids is 1. The third kappa shape index (κ3) is 2.37. The minimum absolute atomic E-state index is 0.0385. The van der Waals surface area contributed by atoms with Crippen molar-refractivity contribution in [1.29, 1.82) is 0 Å². The average Bonchev–Trinajstić information content (AvgIpc) is 2.43. The molecular weight excluding hydrogens is 194 g/mol. The minimum atomic E-state index is -0.473. The highest BCUT2D eigenvalue weighted by molar-refractivity contribution is 6.20. The van der Waals surface area contributed by atoms with Crippen LogP contribution in [0, 0.1) is 0 Å². The monoisotopic (exact) mass is 211 g/mol. The lowest BCUT2D eigenvalue weighted by molar-refractivity contribution is -0.139. The molecule has 1 rings (SSSR count). The number of carbonyl (C=O) groups is 1. The molecular formula is C11H17NO3. The topological polar surface area (TPSA) is 58.9 Å². The molecule has 0 aliphatic carbocycles. The highest BCUT2D eigenvalue weighted by Gasteiger charge is 2.34. The predicted molar refractivity (Wildman–Crippen MR) is 58.1 cm³/mol. The zero-order chi connectivity index (χ0) is 11.4. The number of esters is 1. The normalized spacial score (nSPS) is 22.2. The summed E-state index contributed by atoms with van der Waals surface area (Å²) in [5.74, 6) is -0.419. The van der Waals surface area contributed by atoms with Gasteiger partial charge in [-0.3, -0.25) is 4.99 Å². The molecule has 1 N–H and O–H groups in total. The first-order valence-electron chi connectivity index (χ1n) is 5.27. The van der Waals surface area contributed by atoms with E-state index in [2.05, 4.69) is 4.99 Å². The number of cyclic esters (lactones) is 1. The van der Waals surface area contributed by atoms with Crippen LogP contribution in [0.25, 0.3) is 0 Å². The summed E-state index contributed by atoms with van der Waals surface area (Å²) < 4.78 is 5.05. The van der Waals surface area contributed by atoms with Gasteiger partial charge in [-0.2, -0.15) is 0 Å². The van der Waals surface area contributed by atoms with Crippen LogP contribution >= 0.6 is 0 Å². The molecule has 1 aliphatic heterocycles. The second-order valence-corrected chi connectivity index (χ2v) is 3.50. The molecule has 1 unspecified atom stereocenters. The first kappa shape index (κ1) is 11.8. The van der Waals surface area contributed by atoms with Crippen LogP contribution in [-0.2, 0) is 9.53 Å². The van der Waals surface area contributed by atoms with Gasteiger partial charge in [-0.25, -0.2) is 4.79 Å². The van der Waals surface area contributed by atoms with Crippen molar-refractivity contribution in [3.05, 3.63) is 11.3 Å². The Balaban J connectivity index is 2.94. The molecule has 0 radical (unpaired) electrons. The Morgan fingerprint density at radius 3 is 2.73 bits per heavy atom. The Bertz CT molecular complexity index is 318. The van der Waals surface area contributed by atoms with Crippen LogP contribution in [0.4, 0.5) is 0 Å². The molecule has 4 nitrogen and oxygen atoms in total. The van der Waals surface area contributed by atoms with Crippen LogP contribution in [0.2, 0.25) is 0 Å². The van der Waals surface area contributed by atoms with E-state index in [-0.39, 0.29) is 11.3 Å². The number of nitrogens with zero attached hydrogens (tertiary/aromatic N) is 1. The molecule has 0 bridgehead atoms. The van der Waals surface area contributed by atoms with Crippen molar-refractivity contribution in [2.45, 2.75) is 39.7 Å². The van der Waals surface area contributed by atoms with Crippen molar-refractivity contribution >= 4 is 11.7 Å². The number of aliphatic imine (C=N–C) groups is 1. The lowest BCUT2D eigenvalue weighted by Crippen LogP contribution is -2.11. The van der Waals surface area contributed by atoms with Crippen molar-refractivity contribution in [1.82, 2.24) is 0 Å². The van der Waals surface area contributed by atoms with Crippen LogP contribution in [0.3, 0.4) is 0 Å². The lowest BCUT2D eigenvalue weighted by Gasteiger charge is -2.07. The SMILES string of the molecule is CCCC1OC(=O)C(C(C)=NCC)=C1O. The van der Waals surface area contributed by atoms with Gasteiger partial charge in [0.2, 0.25) is 0 Å². The molecule has 0 spiro atoms. The molecule has 0 aromatic carbocycles. The van der Waals surface area contributed by atoms with E-state index in [4.69, 9.17) is 4.74 Å². The molecule has 0 fully saturated rings. The van der Waals surface area contributed by atoms with E-state index in [1.54, 1.807) is 6.92 Å². The molecule has 0 aromatic rings. The largest absolute Gasteiger partial charge is 0.507 e. The third-order valence-corrected chi connectivity index (χ3v) is 2.32. The van der Waals surface area contributed by atoms with Gasteiger partial charge in [0.1, 0.15) is 11.3 Å². The van der Waals surface area contributed by atoms with E-state index in [9.17, 15) is 9.90 Å². The lowest BCUT2D eigenvalue weighted by atomic mass is 10.1. The summed E-state index contributed by atoms with van der Waals surface area (Å²) in [6, 6.07) is 0. The van der Waals surface area contributed by atoms with Crippen LogP contribution in [-0.4, -0.2) is 29.4 Å². The maximum Gasteiger partial charge on any atom is 0.344 e. The number of rotatable bonds is 4. The fourth-order valence-electron chi connectivity index (χ4n) is 1.62. The Morgan fingerprint density at radius 1 is 1.53 bits per heavy atom. The van der Waals surface area contributed by atoms with E-state index in [1.165, 1.54) is 0 Å². The van der Waals surface area contributed by atoms with E-state index in [1.807, 2.05) is 13.8 Å². The quantitative estimate of drug-likeness (QED) is 0.571. The van der Waals surface area contributed by atoms with Gasteiger partial charge in [0.05, 0.1) is 0 Å². The molecule has 0 amide bonds. The summed E-state index contributed by atoms with van der Waals surface area (Å²) in [5, 5.41) is 9.80. The maximum atomic E-state index is 11.5. The Labute approximate surface area is 89.7 Å². The maximum absolute atomic E-state index is 11.5. The Hall–Kier alpha value is -1.32. The van der Waals surface area contributed by atoms with Gasteiger partial charge in [0.25, 0.3) is 0 Å². The molecule has 15 heavy (non-hydrogen) atoms. The van der Waals surface area contributed by atoms with Crippen molar-refractivity contribution in [3.63, 3.8) is 0 Å². The summed E-state index contributed by atoms with van der Waals surface area (Å²) in [6.45, 7) is 6.16. The van der Waals surface area contributed by atoms with E-state index in [0.29, 0.717) is 18.7 Å². The Morgan fingerprint density at radius 2 is 2.20 bits per heavy atom. The molecule has 0 aromatic heterocycles. The van der Waals surface area contributed by atoms with Gasteiger partial charge in [-0.1, -0.05) is 13.3 Å². The molecule has 84 valence electrons. The fourth-order valence-corrected chi connectivity index (χ4v) is 1.62. The van der Waals surface area contributed by atoms with Crippen molar-refractivity contribution in [2.75, 3.05) is 6.54 Å². The second-order valence-electron chi connectivity index (χ2n) is 3.50. The zero-order valence-corrected chi connectivity index (χ0v) is 9.41. The van der Waals surface area contributed by atoms with Gasteiger partial charge in [0.15, 0.2) is 6.10 Å². The highest BCUT2D eigenvalue weighted by Crippen LogP contribution is 2.24. The van der Waals surface area contributed by atoms with Gasteiger partial charge < -0.3 is 9.84 Å². The summed E-state index contributed by atoms with van der Waals surface area (Å²) in [6.07, 6.45) is 1.04. The van der Waals surface area contributed by atoms with Crippen LogP contribution < -0.4 is 0 Å². The van der Waals surface area contributed by atoms with E-state index >= 15 is 0 Å². The molecule has 1 heterocycles. The summed E-state index contributed by atoms with van der Waals surface area (Å²) in [5.41, 5.74) is 0.800. The number of ether oxygens (including phenoxy) is 1. The highest BCUT2D eigenvalue weighted by atomic mass is 16.6. The van der Waals surface area contributed by atoms with Gasteiger partial charge in [0, 0.05) is 12.3 Å². The first-order chi connectivity index (χ1) is 7.11. The zero-order valence-electron chi connectivity index (χ0n) is 9.41.